The SMILES string of the molecule is CCN(CCN(C=O)Cc1cn2ccccc2n1)Cc1cncn1C(C)c1ccc(F)cc1. The van der Waals surface area contributed by atoms with Crippen molar-refractivity contribution in [2.24, 2.45) is 0 Å². The normalized spacial score (nSPS) is 12.4. The lowest BCUT2D eigenvalue weighted by Crippen LogP contribution is -2.34. The molecule has 0 spiro atoms. The number of fused-ring (bicyclic) bond motifs is 1. The summed E-state index contributed by atoms with van der Waals surface area (Å²) in [6, 6.07) is 12.5. The van der Waals surface area contributed by atoms with Gasteiger partial charge in [-0.05, 0) is 43.3 Å². The lowest BCUT2D eigenvalue weighted by Gasteiger charge is -2.25. The molecule has 1 amide bonds. The maximum absolute atomic E-state index is 13.3. The molecule has 0 fully saturated rings. The van der Waals surface area contributed by atoms with Crippen LogP contribution in [0, 0.1) is 5.82 Å². The molecule has 7 nitrogen and oxygen atoms in total. The number of benzene rings is 1. The van der Waals surface area contributed by atoms with E-state index in [4.69, 9.17) is 0 Å². The largest absolute Gasteiger partial charge is 0.338 e. The fourth-order valence-electron chi connectivity index (χ4n) is 3.99. The maximum atomic E-state index is 13.3. The number of aromatic nitrogens is 4. The molecular weight excluding hydrogens is 419 g/mol. The summed E-state index contributed by atoms with van der Waals surface area (Å²) in [7, 11) is 0. The van der Waals surface area contributed by atoms with E-state index in [9.17, 15) is 9.18 Å². The van der Waals surface area contributed by atoms with Gasteiger partial charge in [0.05, 0.1) is 30.3 Å². The predicted octanol–water partition coefficient (Wildman–Crippen LogP) is 3.76. The Hall–Kier alpha value is -3.52. The number of carbonyl (C=O) groups is 1. The second-order valence-corrected chi connectivity index (χ2v) is 8.16. The molecule has 0 aliphatic carbocycles. The fraction of sp³-hybridized carbons (Fsp3) is 0.320. The van der Waals surface area contributed by atoms with Crippen molar-refractivity contribution < 1.29 is 9.18 Å². The minimum absolute atomic E-state index is 0.0447. The number of halogens is 1. The number of hydrogen-bond acceptors (Lipinski definition) is 4. The van der Waals surface area contributed by atoms with Gasteiger partial charge >= 0.3 is 0 Å². The quantitative estimate of drug-likeness (QED) is 0.328. The lowest BCUT2D eigenvalue weighted by atomic mass is 10.1. The zero-order valence-electron chi connectivity index (χ0n) is 19.0. The van der Waals surface area contributed by atoms with Crippen LogP contribution >= 0.6 is 0 Å². The number of pyridine rings is 1. The van der Waals surface area contributed by atoms with E-state index in [2.05, 4.69) is 33.3 Å². The van der Waals surface area contributed by atoms with Crippen LogP contribution in [0.3, 0.4) is 0 Å². The Morgan fingerprint density at radius 3 is 2.67 bits per heavy atom. The van der Waals surface area contributed by atoms with Crippen molar-refractivity contribution in [3.8, 4) is 0 Å². The summed E-state index contributed by atoms with van der Waals surface area (Å²) in [6.45, 7) is 7.56. The van der Waals surface area contributed by atoms with Crippen molar-refractivity contribution in [3.63, 3.8) is 0 Å². The van der Waals surface area contributed by atoms with Gasteiger partial charge in [0.15, 0.2) is 0 Å². The molecule has 0 aliphatic rings. The van der Waals surface area contributed by atoms with Crippen LogP contribution in [0.4, 0.5) is 4.39 Å². The highest BCUT2D eigenvalue weighted by Gasteiger charge is 2.15. The minimum atomic E-state index is -0.239. The van der Waals surface area contributed by atoms with Crippen molar-refractivity contribution in [2.75, 3.05) is 19.6 Å². The van der Waals surface area contributed by atoms with Crippen LogP contribution in [-0.4, -0.2) is 54.8 Å². The zero-order chi connectivity index (χ0) is 23.2. The zero-order valence-corrected chi connectivity index (χ0v) is 19.0. The first kappa shape index (κ1) is 22.7. The fourth-order valence-corrected chi connectivity index (χ4v) is 3.99. The van der Waals surface area contributed by atoms with Gasteiger partial charge in [0.1, 0.15) is 11.5 Å². The molecule has 0 N–H and O–H groups in total. The number of rotatable bonds is 11. The van der Waals surface area contributed by atoms with E-state index in [1.807, 2.05) is 59.7 Å². The van der Waals surface area contributed by atoms with E-state index in [-0.39, 0.29) is 11.9 Å². The summed E-state index contributed by atoms with van der Waals surface area (Å²) in [6.07, 6.45) is 8.48. The average molecular weight is 449 g/mol. The van der Waals surface area contributed by atoms with Crippen LogP contribution in [-0.2, 0) is 17.9 Å². The van der Waals surface area contributed by atoms with Gasteiger partial charge in [-0.25, -0.2) is 14.4 Å². The molecule has 0 aliphatic heterocycles. The standard InChI is InChI=1S/C25H29FN6O/c1-3-29(12-13-30(19-33)15-23-16-31-11-5-4-6-25(31)28-23)17-24-14-27-18-32(24)20(2)21-7-9-22(26)10-8-21/h4-11,14,16,18-20H,3,12-13,15,17H2,1-2H3. The highest BCUT2D eigenvalue weighted by Crippen LogP contribution is 2.21. The molecule has 1 aromatic carbocycles. The second-order valence-electron chi connectivity index (χ2n) is 8.16. The molecule has 1 unspecified atom stereocenters. The van der Waals surface area contributed by atoms with Crippen LogP contribution in [0.25, 0.3) is 5.65 Å². The highest BCUT2D eigenvalue weighted by molar-refractivity contribution is 5.47. The van der Waals surface area contributed by atoms with Crippen LogP contribution in [0.5, 0.6) is 0 Å². The third-order valence-electron chi connectivity index (χ3n) is 5.98. The van der Waals surface area contributed by atoms with E-state index in [0.29, 0.717) is 19.6 Å². The van der Waals surface area contributed by atoms with Crippen LogP contribution in [0.15, 0.2) is 67.4 Å². The smallest absolute Gasteiger partial charge is 0.210 e. The van der Waals surface area contributed by atoms with Gasteiger partial charge in [-0.3, -0.25) is 9.69 Å². The molecule has 0 radical (unpaired) electrons. The summed E-state index contributed by atoms with van der Waals surface area (Å²) in [5, 5.41) is 0. The molecule has 3 aromatic heterocycles. The van der Waals surface area contributed by atoms with Gasteiger partial charge in [-0.2, -0.15) is 0 Å². The van der Waals surface area contributed by atoms with Gasteiger partial charge in [0.2, 0.25) is 6.41 Å². The molecular formula is C25H29FN6O. The highest BCUT2D eigenvalue weighted by atomic mass is 19.1. The summed E-state index contributed by atoms with van der Waals surface area (Å²) in [4.78, 5) is 24.7. The molecule has 1 atom stereocenters. The minimum Gasteiger partial charge on any atom is -0.338 e. The monoisotopic (exact) mass is 448 g/mol. The van der Waals surface area contributed by atoms with Crippen LogP contribution in [0.2, 0.25) is 0 Å². The Morgan fingerprint density at radius 2 is 1.94 bits per heavy atom. The average Bonchev–Trinajstić information content (AvgIpc) is 3.47. The number of imidazole rings is 2. The maximum Gasteiger partial charge on any atom is 0.210 e. The molecule has 0 saturated carbocycles. The Bertz CT molecular complexity index is 1150. The van der Waals surface area contributed by atoms with Gasteiger partial charge in [0.25, 0.3) is 0 Å². The lowest BCUT2D eigenvalue weighted by molar-refractivity contribution is -0.118. The van der Waals surface area contributed by atoms with Gasteiger partial charge < -0.3 is 13.9 Å². The number of hydrogen-bond donors (Lipinski definition) is 0. The molecule has 33 heavy (non-hydrogen) atoms. The van der Waals surface area contributed by atoms with Crippen molar-refractivity contribution in [1.82, 2.24) is 28.7 Å². The summed E-state index contributed by atoms with van der Waals surface area (Å²) < 4.78 is 17.4. The van der Waals surface area contributed by atoms with Crippen molar-refractivity contribution in [1.29, 1.82) is 0 Å². The van der Waals surface area contributed by atoms with Crippen LogP contribution in [0.1, 0.15) is 36.8 Å². The van der Waals surface area contributed by atoms with Crippen LogP contribution < -0.4 is 0 Å². The Balaban J connectivity index is 1.37. The Morgan fingerprint density at radius 1 is 1.12 bits per heavy atom. The third-order valence-corrected chi connectivity index (χ3v) is 5.98. The number of carbonyl (C=O) groups excluding carboxylic acids is 1. The summed E-state index contributed by atoms with van der Waals surface area (Å²) in [5.74, 6) is -0.239. The first-order chi connectivity index (χ1) is 16.1. The topological polar surface area (TPSA) is 58.7 Å². The molecule has 0 bridgehead atoms. The number of amides is 1. The third kappa shape index (κ3) is 5.46. The Labute approximate surface area is 193 Å². The molecule has 8 heteroatoms. The van der Waals surface area contributed by atoms with Crippen molar-refractivity contribution in [3.05, 3.63) is 90.2 Å². The van der Waals surface area contributed by atoms with E-state index < -0.39 is 0 Å². The van der Waals surface area contributed by atoms with Gasteiger partial charge in [0, 0.05) is 38.2 Å². The first-order valence-electron chi connectivity index (χ1n) is 11.2. The summed E-state index contributed by atoms with van der Waals surface area (Å²) >= 11 is 0. The molecule has 0 saturated heterocycles. The molecule has 4 rings (SSSR count). The predicted molar refractivity (Wildman–Crippen MR) is 125 cm³/mol. The first-order valence-corrected chi connectivity index (χ1v) is 11.2. The van der Waals surface area contributed by atoms with E-state index >= 15 is 0 Å². The number of nitrogens with zero attached hydrogens (tertiary/aromatic N) is 6. The van der Waals surface area contributed by atoms with Gasteiger partial charge in [-0.15, -0.1) is 0 Å². The van der Waals surface area contributed by atoms with Crippen molar-refractivity contribution >= 4 is 12.1 Å². The van der Waals surface area contributed by atoms with E-state index in [1.165, 1.54) is 12.1 Å². The second kappa shape index (κ2) is 10.4. The molecule has 3 heterocycles. The van der Waals surface area contributed by atoms with Crippen molar-refractivity contribution in [2.45, 2.75) is 33.0 Å². The number of likely N-dealkylation sites (N-methyl/N-ethyl adjacent to an activating group) is 1. The Kier molecular flexibility index (Phi) is 7.14. The van der Waals surface area contributed by atoms with E-state index in [0.717, 1.165) is 42.1 Å². The summed E-state index contributed by atoms with van der Waals surface area (Å²) in [5.41, 5.74) is 3.84. The van der Waals surface area contributed by atoms with E-state index in [1.54, 1.807) is 4.90 Å². The van der Waals surface area contributed by atoms with Gasteiger partial charge in [-0.1, -0.05) is 25.1 Å². The molecule has 4 aromatic rings. The molecule has 172 valence electrons.